The fraction of sp³-hybridized carbons (Fsp3) is 0.457. The highest BCUT2D eigenvalue weighted by molar-refractivity contribution is 6.32. The van der Waals surface area contributed by atoms with Gasteiger partial charge < -0.3 is 87.3 Å². The lowest BCUT2D eigenvalue weighted by atomic mass is 9.54. The zero-order valence-electron chi connectivity index (χ0n) is 52.8. The first-order valence-corrected chi connectivity index (χ1v) is 32.7. The summed E-state index contributed by atoms with van der Waals surface area (Å²) < 4.78 is 25.7. The van der Waals surface area contributed by atoms with Crippen molar-refractivity contribution in [1.82, 2.24) is 26.6 Å². The number of nitrogens with one attached hydrogen (secondary N) is 5. The van der Waals surface area contributed by atoms with E-state index in [9.17, 15) is 59.1 Å². The minimum absolute atomic E-state index is 0.000579. The van der Waals surface area contributed by atoms with Gasteiger partial charge in [-0.1, -0.05) is 68.8 Å². The molecule has 5 aromatic carbocycles. The molecule has 504 valence electrons. The number of ether oxygens (including phenoxy) is 4. The van der Waals surface area contributed by atoms with Crippen molar-refractivity contribution in [3.05, 3.63) is 129 Å². The Labute approximate surface area is 553 Å². The van der Waals surface area contributed by atoms with E-state index in [1.165, 1.54) is 55.0 Å². The number of carbonyl (C=O) groups excluding carboxylic acids is 8. The maximum Gasteiger partial charge on any atom is 0.247 e. The summed E-state index contributed by atoms with van der Waals surface area (Å²) in [7, 11) is 0. The minimum atomic E-state index is -2.64. The van der Waals surface area contributed by atoms with Gasteiger partial charge in [0.15, 0.2) is 11.5 Å². The van der Waals surface area contributed by atoms with Gasteiger partial charge in [-0.25, -0.2) is 0 Å². The first-order chi connectivity index (χ1) is 45.3. The van der Waals surface area contributed by atoms with Crippen LogP contribution < -0.4 is 52.3 Å². The lowest BCUT2D eigenvalue weighted by molar-refractivity contribution is -0.185. The van der Waals surface area contributed by atoms with Crippen LogP contribution >= 0.6 is 11.6 Å². The summed E-state index contributed by atoms with van der Waals surface area (Å²) >= 11 is 7.07. The Bertz CT molecular complexity index is 3780. The van der Waals surface area contributed by atoms with Gasteiger partial charge in [0.1, 0.15) is 47.7 Å². The molecule has 8 unspecified atom stereocenters. The van der Waals surface area contributed by atoms with E-state index in [0.717, 1.165) is 25.7 Å². The molecule has 0 spiro atoms. The van der Waals surface area contributed by atoms with Gasteiger partial charge in [0, 0.05) is 48.8 Å². The molecule has 24 nitrogen and oxygen atoms in total. The van der Waals surface area contributed by atoms with Crippen LogP contribution in [0, 0.1) is 29.6 Å². The van der Waals surface area contributed by atoms with E-state index >= 15 is 4.79 Å². The van der Waals surface area contributed by atoms with Crippen molar-refractivity contribution in [3.63, 3.8) is 0 Å². The number of amides is 7. The number of nitrogens with two attached hydrogens (primary N) is 2. The average Bonchev–Trinajstić information content (AvgIpc) is 1.57. The molecule has 14 N–H and O–H groups in total. The van der Waals surface area contributed by atoms with Crippen molar-refractivity contribution in [2.24, 2.45) is 41.1 Å². The van der Waals surface area contributed by atoms with Crippen molar-refractivity contribution >= 4 is 59.2 Å². The molecule has 0 aromatic heterocycles. The first kappa shape index (κ1) is 67.8. The average molecular weight is 1330 g/mol. The summed E-state index contributed by atoms with van der Waals surface area (Å²) in [6.45, 7) is 5.14. The van der Waals surface area contributed by atoms with Gasteiger partial charge in [0.2, 0.25) is 59.2 Å². The number of aliphatic hydroxyl groups is 4. The molecule has 5 aromatic rings. The normalized spacial score (nSPS) is 25.8. The smallest absolute Gasteiger partial charge is 0.247 e. The molecule has 1 saturated heterocycles. The lowest BCUT2D eigenvalue weighted by Gasteiger charge is -2.54. The number of phenolic OH excluding ortho intramolecular Hbond substituents is 1. The van der Waals surface area contributed by atoms with Crippen LogP contribution in [0.5, 0.6) is 34.5 Å². The van der Waals surface area contributed by atoms with E-state index in [1.54, 1.807) is 43.3 Å². The highest BCUT2D eigenvalue weighted by Gasteiger charge is 2.50. The molecular weight excluding hydrogens is 1250 g/mol. The summed E-state index contributed by atoms with van der Waals surface area (Å²) in [6.07, 6.45) is 2.02. The van der Waals surface area contributed by atoms with Crippen LogP contribution in [0.25, 0.3) is 11.1 Å². The number of carbonyl (C=O) groups is 8. The third kappa shape index (κ3) is 15.2. The second kappa shape index (κ2) is 28.4. The fourth-order valence-electron chi connectivity index (χ4n) is 14.8. The summed E-state index contributed by atoms with van der Waals surface area (Å²) in [4.78, 5) is 109. The molecule has 0 radical (unpaired) electrons. The molecule has 3 aliphatic heterocycles. The summed E-state index contributed by atoms with van der Waals surface area (Å²) in [6, 6.07) is 14.8. The molecule has 95 heavy (non-hydrogen) atoms. The van der Waals surface area contributed by atoms with E-state index in [1.807, 2.05) is 13.8 Å². The molecule has 4 saturated carbocycles. The van der Waals surface area contributed by atoms with Gasteiger partial charge in [-0.2, -0.15) is 0 Å². The van der Waals surface area contributed by atoms with Crippen LogP contribution in [0.4, 0.5) is 0 Å². The second-order valence-corrected chi connectivity index (χ2v) is 27.1. The van der Waals surface area contributed by atoms with Gasteiger partial charge in [-0.3, -0.25) is 33.6 Å². The number of hydrogen-bond donors (Lipinski definition) is 12. The molecule has 25 heteroatoms. The van der Waals surface area contributed by atoms with Crippen molar-refractivity contribution in [1.29, 1.82) is 0 Å². The Morgan fingerprint density at radius 2 is 1.51 bits per heavy atom. The van der Waals surface area contributed by atoms with Crippen LogP contribution in [0.15, 0.2) is 84.9 Å². The van der Waals surface area contributed by atoms with Gasteiger partial charge in [0.05, 0.1) is 36.7 Å². The van der Waals surface area contributed by atoms with Crippen molar-refractivity contribution in [2.45, 2.75) is 165 Å². The molecule has 5 aliphatic carbocycles. The maximum absolute atomic E-state index is 15.0. The molecule has 5 fully saturated rings. The zero-order chi connectivity index (χ0) is 67.7. The number of rotatable bonds is 21. The molecule has 8 aliphatic rings. The molecule has 8 bridgehead atoms. The Morgan fingerprint density at radius 1 is 0.789 bits per heavy atom. The van der Waals surface area contributed by atoms with Crippen LogP contribution in [0.3, 0.4) is 0 Å². The van der Waals surface area contributed by atoms with E-state index in [2.05, 4.69) is 26.6 Å². The number of hydrogen-bond acceptors (Lipinski definition) is 17. The zero-order valence-corrected chi connectivity index (χ0v) is 53.6. The van der Waals surface area contributed by atoms with Gasteiger partial charge in [-0.05, 0) is 162 Å². The minimum Gasteiger partial charge on any atom is -0.508 e. The number of aliphatic hydroxyl groups excluding tert-OH is 2. The Kier molecular flexibility index (Phi) is 20.2. The number of phenols is 1. The van der Waals surface area contributed by atoms with Crippen LogP contribution in [0.1, 0.15) is 148 Å². The number of aryl methyl sites for hydroxylation is 1. The monoisotopic (exact) mass is 1330 g/mol. The van der Waals surface area contributed by atoms with Crippen LogP contribution in [-0.4, -0.2) is 116 Å². The Balaban J connectivity index is 0.904. The standard InChI is InChI=1S/C70H80ClN7O17/c1-33(2)4-14-59(85)76-63-34(3)39-8-10-45(11-9-39)92-55-24-40(53(32-80)75-67(87)52(30-58(73)84)74-68(63)88)25-56(66(55)95-61-29-43(81)26-46(31-79)93-61)94-54-13-6-35(22-51(54)71)7-15-60(86)77-65(69(89)78-64-41-17-37-16-38(19-41)20-42(64)18-37)48-27-44(82)28-50-62(48)47-21-36(23-57(72)83)5-12-49(47)70(50,90)91/h5-6,8-13,21-22,24-25,27-28,32-34,37-38,41-43,46,52-53,61,63-65,79,81-82,90-91H,4,7,14-20,23,26,29-31H2,1-3H3,(H2,72,83)(H2,73,84)(H,74,88)(H,75,87)(H,76,85)(H,77,86)(H,78,89). The van der Waals surface area contributed by atoms with Crippen molar-refractivity contribution in [2.75, 3.05) is 6.61 Å². The Hall–Kier alpha value is -8.65. The van der Waals surface area contributed by atoms with E-state index in [-0.39, 0.29) is 129 Å². The van der Waals surface area contributed by atoms with Gasteiger partial charge in [0.25, 0.3) is 0 Å². The van der Waals surface area contributed by atoms with Gasteiger partial charge >= 0.3 is 0 Å². The number of benzene rings is 5. The first-order valence-electron chi connectivity index (χ1n) is 32.3. The highest BCUT2D eigenvalue weighted by Crippen LogP contribution is 2.55. The summed E-state index contributed by atoms with van der Waals surface area (Å²) in [5.74, 6) is -7.17. The lowest BCUT2D eigenvalue weighted by Crippen LogP contribution is -2.57. The Morgan fingerprint density at radius 3 is 2.17 bits per heavy atom. The van der Waals surface area contributed by atoms with E-state index < -0.39 is 114 Å². The third-order valence-corrected chi connectivity index (χ3v) is 19.6. The fourth-order valence-corrected chi connectivity index (χ4v) is 15.0. The molecular formula is C70H80ClN7O17. The van der Waals surface area contributed by atoms with Crippen LogP contribution in [-0.2, 0) is 61.7 Å². The van der Waals surface area contributed by atoms with E-state index in [0.29, 0.717) is 41.2 Å². The van der Waals surface area contributed by atoms with Crippen molar-refractivity contribution < 1.29 is 82.8 Å². The van der Waals surface area contributed by atoms with Crippen LogP contribution in [0.2, 0.25) is 5.02 Å². The quantitative estimate of drug-likeness (QED) is 0.0316. The highest BCUT2D eigenvalue weighted by atomic mass is 35.5. The molecule has 8 atom stereocenters. The molecule has 3 heterocycles. The summed E-state index contributed by atoms with van der Waals surface area (Å²) in [5, 5.41) is 69.8. The van der Waals surface area contributed by atoms with Gasteiger partial charge in [-0.15, -0.1) is 0 Å². The molecule has 13 rings (SSSR count). The predicted octanol–water partition coefficient (Wildman–Crippen LogP) is 5.55. The third-order valence-electron chi connectivity index (χ3n) is 19.3. The topological polar surface area (TPSA) is 387 Å². The molecule has 7 amide bonds. The number of fused-ring (bicyclic) bond motifs is 12. The van der Waals surface area contributed by atoms with Crippen molar-refractivity contribution in [3.8, 4) is 45.6 Å². The number of aromatic hydroxyl groups is 1. The SMILES string of the molecule is CC(C)CCC(=O)NC1C(=O)NC(CC(N)=O)C(=O)NC(C=O)c2cc(c(OC3CC(O)CC(CO)O3)c(Oc3ccc(CCC(=O)NC(C(=O)NC4C5CC6CC(C5)CC4C6)c4cc(O)cc5c4-c4cc(CC(N)=O)ccc4C5(O)O)cc3Cl)c2)Oc2ccc(cc2)C1C. The second-order valence-electron chi connectivity index (χ2n) is 26.7. The number of aldehydes is 1. The number of halogens is 1. The number of primary amides is 2. The summed E-state index contributed by atoms with van der Waals surface area (Å²) in [5.41, 5.74) is 13.2. The maximum atomic E-state index is 15.0. The predicted molar refractivity (Wildman–Crippen MR) is 343 cm³/mol. The van der Waals surface area contributed by atoms with E-state index in [4.69, 9.17) is 42.0 Å². The largest absolute Gasteiger partial charge is 0.508 e.